The quantitative estimate of drug-likeness (QED) is 0.778. The first-order chi connectivity index (χ1) is 11.0. The number of pyridine rings is 1. The van der Waals surface area contributed by atoms with Crippen LogP contribution < -0.4 is 5.32 Å². The van der Waals surface area contributed by atoms with Gasteiger partial charge in [0.1, 0.15) is 0 Å². The van der Waals surface area contributed by atoms with Crippen LogP contribution in [0, 0.1) is 20.8 Å². The molecule has 23 heavy (non-hydrogen) atoms. The lowest BCUT2D eigenvalue weighted by Gasteiger charge is -2.06. The van der Waals surface area contributed by atoms with E-state index >= 15 is 0 Å². The van der Waals surface area contributed by atoms with Crippen LogP contribution in [0.2, 0.25) is 0 Å². The van der Waals surface area contributed by atoms with E-state index in [1.807, 2.05) is 18.4 Å². The van der Waals surface area contributed by atoms with Gasteiger partial charge in [0.05, 0.1) is 5.69 Å². The molecular weight excluding hydrogens is 306 g/mol. The summed E-state index contributed by atoms with van der Waals surface area (Å²) >= 11 is 1.43. The average Bonchev–Trinajstić information content (AvgIpc) is 2.95. The molecule has 0 aliphatic rings. The average molecular weight is 323 g/mol. The number of aromatic nitrogens is 2. The first kappa shape index (κ1) is 15.4. The summed E-state index contributed by atoms with van der Waals surface area (Å²) in [5.41, 5.74) is 5.78. The summed E-state index contributed by atoms with van der Waals surface area (Å²) in [6.07, 6.45) is 1.63. The highest BCUT2D eigenvalue weighted by Crippen LogP contribution is 2.30. The Morgan fingerprint density at radius 1 is 1.13 bits per heavy atom. The Kier molecular flexibility index (Phi) is 4.21. The van der Waals surface area contributed by atoms with Crippen LogP contribution in [0.15, 0.2) is 41.9 Å². The van der Waals surface area contributed by atoms with Crippen molar-refractivity contribution >= 4 is 22.4 Å². The number of thiazole rings is 1. The predicted octanol–water partition coefficient (Wildman–Crippen LogP) is 4.38. The molecule has 0 saturated heterocycles. The lowest BCUT2D eigenvalue weighted by Crippen LogP contribution is -2.12. The molecule has 1 N–H and O–H groups in total. The van der Waals surface area contributed by atoms with Crippen molar-refractivity contribution in [1.29, 1.82) is 0 Å². The summed E-state index contributed by atoms with van der Waals surface area (Å²) in [6.45, 7) is 6.00. The first-order valence-electron chi connectivity index (χ1n) is 7.31. The molecule has 3 rings (SSSR count). The van der Waals surface area contributed by atoms with E-state index in [4.69, 9.17) is 0 Å². The van der Waals surface area contributed by atoms with E-state index in [9.17, 15) is 4.79 Å². The standard InChI is InChI=1S/C18H17N3OS/c1-11-5-4-6-12(2)16(11)15-10-23-18(20-15)21-17(22)14-7-8-19-13(3)9-14/h4-10H,1-3H3,(H,20,21,22). The smallest absolute Gasteiger partial charge is 0.257 e. The number of hydrogen-bond acceptors (Lipinski definition) is 4. The van der Waals surface area contributed by atoms with Crippen molar-refractivity contribution in [3.8, 4) is 11.3 Å². The monoisotopic (exact) mass is 323 g/mol. The van der Waals surface area contributed by atoms with Gasteiger partial charge in [0.25, 0.3) is 5.91 Å². The topological polar surface area (TPSA) is 54.9 Å². The van der Waals surface area contributed by atoms with Gasteiger partial charge >= 0.3 is 0 Å². The second-order valence-corrected chi connectivity index (χ2v) is 6.30. The summed E-state index contributed by atoms with van der Waals surface area (Å²) < 4.78 is 0. The molecule has 0 atom stereocenters. The minimum absolute atomic E-state index is 0.169. The molecule has 0 unspecified atom stereocenters. The highest BCUT2D eigenvalue weighted by molar-refractivity contribution is 7.14. The van der Waals surface area contributed by atoms with Gasteiger partial charge in [-0.3, -0.25) is 15.1 Å². The van der Waals surface area contributed by atoms with Gasteiger partial charge in [0, 0.05) is 28.4 Å². The second-order valence-electron chi connectivity index (χ2n) is 5.44. The number of hydrogen-bond donors (Lipinski definition) is 1. The molecule has 4 nitrogen and oxygen atoms in total. The van der Waals surface area contributed by atoms with Gasteiger partial charge in [-0.05, 0) is 44.0 Å². The number of nitrogens with one attached hydrogen (secondary N) is 1. The summed E-state index contributed by atoms with van der Waals surface area (Å²) in [4.78, 5) is 20.9. The fourth-order valence-electron chi connectivity index (χ4n) is 2.52. The number of carbonyl (C=O) groups is 1. The molecule has 2 heterocycles. The summed E-state index contributed by atoms with van der Waals surface area (Å²) in [6, 6.07) is 9.63. The largest absolute Gasteiger partial charge is 0.298 e. The van der Waals surface area contributed by atoms with Crippen LogP contribution in [0.3, 0.4) is 0 Å². The molecule has 3 aromatic rings. The Hall–Kier alpha value is -2.53. The zero-order valence-electron chi connectivity index (χ0n) is 13.3. The molecule has 2 aromatic heterocycles. The van der Waals surface area contributed by atoms with Gasteiger partial charge in [-0.25, -0.2) is 4.98 Å². The number of nitrogens with zero attached hydrogens (tertiary/aromatic N) is 2. The van der Waals surface area contributed by atoms with Gasteiger partial charge < -0.3 is 0 Å². The van der Waals surface area contributed by atoms with Crippen molar-refractivity contribution in [3.05, 3.63) is 64.3 Å². The van der Waals surface area contributed by atoms with Crippen molar-refractivity contribution < 1.29 is 4.79 Å². The van der Waals surface area contributed by atoms with Crippen LogP contribution in [-0.2, 0) is 0 Å². The van der Waals surface area contributed by atoms with Crippen molar-refractivity contribution in [3.63, 3.8) is 0 Å². The van der Waals surface area contributed by atoms with Crippen LogP contribution in [0.25, 0.3) is 11.3 Å². The Balaban J connectivity index is 1.84. The Labute approximate surface area is 139 Å². The molecule has 0 fully saturated rings. The maximum absolute atomic E-state index is 12.3. The maximum atomic E-state index is 12.3. The normalized spacial score (nSPS) is 10.6. The first-order valence-corrected chi connectivity index (χ1v) is 8.18. The predicted molar refractivity (Wildman–Crippen MR) is 94.0 cm³/mol. The van der Waals surface area contributed by atoms with Gasteiger partial charge in [0.15, 0.2) is 5.13 Å². The number of benzene rings is 1. The lowest BCUT2D eigenvalue weighted by atomic mass is 10.0. The third-order valence-electron chi connectivity index (χ3n) is 3.62. The molecule has 1 aromatic carbocycles. The van der Waals surface area contributed by atoms with Crippen molar-refractivity contribution in [2.45, 2.75) is 20.8 Å². The van der Waals surface area contributed by atoms with E-state index in [-0.39, 0.29) is 5.91 Å². The van der Waals surface area contributed by atoms with E-state index in [1.165, 1.54) is 22.5 Å². The number of carbonyl (C=O) groups excluding carboxylic acids is 1. The van der Waals surface area contributed by atoms with E-state index in [0.717, 1.165) is 17.0 Å². The highest BCUT2D eigenvalue weighted by Gasteiger charge is 2.12. The van der Waals surface area contributed by atoms with Crippen LogP contribution in [0.1, 0.15) is 27.2 Å². The van der Waals surface area contributed by atoms with Gasteiger partial charge in [-0.2, -0.15) is 0 Å². The fourth-order valence-corrected chi connectivity index (χ4v) is 3.22. The van der Waals surface area contributed by atoms with E-state index < -0.39 is 0 Å². The van der Waals surface area contributed by atoms with Gasteiger partial charge in [0.2, 0.25) is 0 Å². The number of anilines is 1. The molecule has 116 valence electrons. The molecule has 0 saturated carbocycles. The fraction of sp³-hybridized carbons (Fsp3) is 0.167. The third kappa shape index (κ3) is 3.29. The molecule has 0 bridgehead atoms. The third-order valence-corrected chi connectivity index (χ3v) is 4.38. The Morgan fingerprint density at radius 3 is 2.57 bits per heavy atom. The minimum atomic E-state index is -0.169. The zero-order chi connectivity index (χ0) is 16.4. The van der Waals surface area contributed by atoms with E-state index in [2.05, 4.69) is 41.3 Å². The number of rotatable bonds is 3. The Morgan fingerprint density at radius 2 is 1.87 bits per heavy atom. The number of amides is 1. The van der Waals surface area contributed by atoms with Crippen molar-refractivity contribution in [2.75, 3.05) is 5.32 Å². The summed E-state index contributed by atoms with van der Waals surface area (Å²) in [7, 11) is 0. The molecule has 0 spiro atoms. The van der Waals surface area contributed by atoms with Gasteiger partial charge in [-0.15, -0.1) is 11.3 Å². The SMILES string of the molecule is Cc1cc(C(=O)Nc2nc(-c3c(C)cccc3C)cs2)ccn1. The highest BCUT2D eigenvalue weighted by atomic mass is 32.1. The second kappa shape index (κ2) is 6.30. The molecule has 0 radical (unpaired) electrons. The molecule has 5 heteroatoms. The summed E-state index contributed by atoms with van der Waals surface area (Å²) in [5.74, 6) is -0.169. The van der Waals surface area contributed by atoms with E-state index in [0.29, 0.717) is 10.7 Å². The number of aryl methyl sites for hydroxylation is 3. The Bertz CT molecular complexity index is 850. The van der Waals surface area contributed by atoms with Crippen LogP contribution in [0.4, 0.5) is 5.13 Å². The molecule has 0 aliphatic carbocycles. The maximum Gasteiger partial charge on any atom is 0.257 e. The van der Waals surface area contributed by atoms with Crippen molar-refractivity contribution in [2.24, 2.45) is 0 Å². The van der Waals surface area contributed by atoms with Crippen LogP contribution in [0.5, 0.6) is 0 Å². The van der Waals surface area contributed by atoms with Gasteiger partial charge in [-0.1, -0.05) is 18.2 Å². The van der Waals surface area contributed by atoms with E-state index in [1.54, 1.807) is 18.3 Å². The molecular formula is C18H17N3OS. The van der Waals surface area contributed by atoms with Crippen molar-refractivity contribution in [1.82, 2.24) is 9.97 Å². The molecule has 0 aliphatic heterocycles. The summed E-state index contributed by atoms with van der Waals surface area (Å²) in [5, 5.41) is 5.43. The van der Waals surface area contributed by atoms with Crippen LogP contribution in [-0.4, -0.2) is 15.9 Å². The van der Waals surface area contributed by atoms with Crippen LogP contribution >= 0.6 is 11.3 Å². The minimum Gasteiger partial charge on any atom is -0.298 e. The molecule has 1 amide bonds. The zero-order valence-corrected chi connectivity index (χ0v) is 14.1. The lowest BCUT2D eigenvalue weighted by molar-refractivity contribution is 0.102.